The Morgan fingerprint density at radius 3 is 2.80 bits per heavy atom. The summed E-state index contributed by atoms with van der Waals surface area (Å²) in [5, 5.41) is 3.49. The standard InChI is InChI=1S/C14H21ClN2O2S/c1-10(2)12-3-4-13(15)14(7-12)20(18,19)17-9-11-5-6-16-8-11/h3-4,7,10-11,16-17H,5-6,8-9H2,1-2H3. The molecule has 2 rings (SSSR count). The van der Waals surface area contributed by atoms with Gasteiger partial charge in [0.1, 0.15) is 4.90 Å². The van der Waals surface area contributed by atoms with Crippen molar-refractivity contribution in [3.8, 4) is 0 Å². The van der Waals surface area contributed by atoms with Crippen LogP contribution in [0.3, 0.4) is 0 Å². The summed E-state index contributed by atoms with van der Waals surface area (Å²) in [6, 6.07) is 5.19. The van der Waals surface area contributed by atoms with E-state index in [1.165, 1.54) is 0 Å². The van der Waals surface area contributed by atoms with Crippen molar-refractivity contribution < 1.29 is 8.42 Å². The molecule has 4 nitrogen and oxygen atoms in total. The number of benzene rings is 1. The summed E-state index contributed by atoms with van der Waals surface area (Å²) in [5.41, 5.74) is 0.970. The minimum atomic E-state index is -3.54. The number of nitrogens with one attached hydrogen (secondary N) is 2. The largest absolute Gasteiger partial charge is 0.316 e. The minimum Gasteiger partial charge on any atom is -0.316 e. The molecule has 1 fully saturated rings. The van der Waals surface area contributed by atoms with Crippen LogP contribution >= 0.6 is 11.6 Å². The molecule has 0 spiro atoms. The van der Waals surface area contributed by atoms with E-state index < -0.39 is 10.0 Å². The van der Waals surface area contributed by atoms with E-state index in [0.29, 0.717) is 12.5 Å². The molecule has 1 unspecified atom stereocenters. The topological polar surface area (TPSA) is 58.2 Å². The van der Waals surface area contributed by atoms with Crippen LogP contribution in [-0.2, 0) is 10.0 Å². The zero-order chi connectivity index (χ0) is 14.8. The van der Waals surface area contributed by atoms with Gasteiger partial charge in [-0.15, -0.1) is 0 Å². The first-order valence-electron chi connectivity index (χ1n) is 6.90. The Hall–Kier alpha value is -0.620. The van der Waals surface area contributed by atoms with Crippen LogP contribution in [0.1, 0.15) is 31.7 Å². The van der Waals surface area contributed by atoms with Crippen molar-refractivity contribution in [2.24, 2.45) is 5.92 Å². The number of halogens is 1. The van der Waals surface area contributed by atoms with Gasteiger partial charge in [-0.25, -0.2) is 13.1 Å². The van der Waals surface area contributed by atoms with Crippen LogP contribution in [0.2, 0.25) is 5.02 Å². The van der Waals surface area contributed by atoms with E-state index in [2.05, 4.69) is 10.0 Å². The Labute approximate surface area is 126 Å². The Bertz CT molecular complexity index is 567. The molecule has 6 heteroatoms. The van der Waals surface area contributed by atoms with Gasteiger partial charge in [-0.2, -0.15) is 0 Å². The first-order chi connectivity index (χ1) is 9.40. The molecular weight excluding hydrogens is 296 g/mol. The third kappa shape index (κ3) is 3.73. The molecule has 1 aliphatic heterocycles. The number of hydrogen-bond donors (Lipinski definition) is 2. The predicted molar refractivity (Wildman–Crippen MR) is 81.7 cm³/mol. The monoisotopic (exact) mass is 316 g/mol. The van der Waals surface area contributed by atoms with Crippen LogP contribution in [0.5, 0.6) is 0 Å². The van der Waals surface area contributed by atoms with E-state index >= 15 is 0 Å². The maximum absolute atomic E-state index is 12.4. The van der Waals surface area contributed by atoms with Crippen molar-refractivity contribution in [2.75, 3.05) is 19.6 Å². The van der Waals surface area contributed by atoms with E-state index in [4.69, 9.17) is 11.6 Å². The molecule has 1 aliphatic rings. The summed E-state index contributed by atoms with van der Waals surface area (Å²) in [6.07, 6.45) is 1.00. The van der Waals surface area contributed by atoms with Crippen LogP contribution in [0.4, 0.5) is 0 Å². The average Bonchev–Trinajstić information content (AvgIpc) is 2.89. The lowest BCUT2D eigenvalue weighted by Crippen LogP contribution is -2.30. The Morgan fingerprint density at radius 2 is 2.20 bits per heavy atom. The molecule has 1 aromatic carbocycles. The molecule has 1 saturated heterocycles. The van der Waals surface area contributed by atoms with Gasteiger partial charge in [0, 0.05) is 6.54 Å². The molecule has 2 N–H and O–H groups in total. The van der Waals surface area contributed by atoms with Gasteiger partial charge in [-0.3, -0.25) is 0 Å². The van der Waals surface area contributed by atoms with E-state index in [-0.39, 0.29) is 15.8 Å². The lowest BCUT2D eigenvalue weighted by atomic mass is 10.0. The highest BCUT2D eigenvalue weighted by Crippen LogP contribution is 2.26. The molecular formula is C14H21ClN2O2S. The normalized spacial score (nSPS) is 19.7. The molecule has 1 heterocycles. The van der Waals surface area contributed by atoms with Crippen molar-refractivity contribution in [3.63, 3.8) is 0 Å². The average molecular weight is 317 g/mol. The van der Waals surface area contributed by atoms with Crippen LogP contribution in [0.25, 0.3) is 0 Å². The Morgan fingerprint density at radius 1 is 1.45 bits per heavy atom. The second kappa shape index (κ2) is 6.43. The van der Waals surface area contributed by atoms with Crippen molar-refractivity contribution in [3.05, 3.63) is 28.8 Å². The fourth-order valence-electron chi connectivity index (χ4n) is 2.28. The zero-order valence-electron chi connectivity index (χ0n) is 11.8. The molecule has 112 valence electrons. The summed E-state index contributed by atoms with van der Waals surface area (Å²) in [5.74, 6) is 0.622. The van der Waals surface area contributed by atoms with Crippen molar-refractivity contribution >= 4 is 21.6 Å². The molecule has 0 saturated carbocycles. The molecule has 0 aromatic heterocycles. The van der Waals surface area contributed by atoms with E-state index in [0.717, 1.165) is 25.1 Å². The second-order valence-corrected chi connectivity index (χ2v) is 7.70. The van der Waals surface area contributed by atoms with Gasteiger partial charge in [0.2, 0.25) is 10.0 Å². The van der Waals surface area contributed by atoms with Gasteiger partial charge < -0.3 is 5.32 Å². The van der Waals surface area contributed by atoms with Crippen LogP contribution < -0.4 is 10.0 Å². The SMILES string of the molecule is CC(C)c1ccc(Cl)c(S(=O)(=O)NCC2CCNC2)c1. The van der Waals surface area contributed by atoms with Crippen LogP contribution in [-0.4, -0.2) is 28.1 Å². The third-order valence-electron chi connectivity index (χ3n) is 3.64. The van der Waals surface area contributed by atoms with Gasteiger partial charge in [0.05, 0.1) is 5.02 Å². The molecule has 0 amide bonds. The summed E-state index contributed by atoms with van der Waals surface area (Å²) in [7, 11) is -3.54. The smallest absolute Gasteiger partial charge is 0.242 e. The van der Waals surface area contributed by atoms with E-state index in [1.54, 1.807) is 12.1 Å². The van der Waals surface area contributed by atoms with Crippen molar-refractivity contribution in [1.29, 1.82) is 0 Å². The quantitative estimate of drug-likeness (QED) is 0.876. The van der Waals surface area contributed by atoms with Gasteiger partial charge in [0.25, 0.3) is 0 Å². The molecule has 0 aliphatic carbocycles. The van der Waals surface area contributed by atoms with Crippen molar-refractivity contribution in [2.45, 2.75) is 31.1 Å². The van der Waals surface area contributed by atoms with Gasteiger partial charge in [0.15, 0.2) is 0 Å². The summed E-state index contributed by atoms with van der Waals surface area (Å²) < 4.78 is 27.4. The third-order valence-corrected chi connectivity index (χ3v) is 5.54. The highest BCUT2D eigenvalue weighted by molar-refractivity contribution is 7.89. The molecule has 20 heavy (non-hydrogen) atoms. The maximum atomic E-state index is 12.4. The van der Waals surface area contributed by atoms with E-state index in [9.17, 15) is 8.42 Å². The number of rotatable bonds is 5. The van der Waals surface area contributed by atoms with Gasteiger partial charge in [-0.05, 0) is 49.0 Å². The first kappa shape index (κ1) is 15.8. The molecule has 1 atom stereocenters. The van der Waals surface area contributed by atoms with E-state index in [1.807, 2.05) is 19.9 Å². The summed E-state index contributed by atoms with van der Waals surface area (Å²) in [6.45, 7) is 6.32. The highest BCUT2D eigenvalue weighted by Gasteiger charge is 2.22. The molecule has 0 bridgehead atoms. The Kier molecular flexibility index (Phi) is 5.07. The van der Waals surface area contributed by atoms with Crippen LogP contribution in [0.15, 0.2) is 23.1 Å². The fourth-order valence-corrected chi connectivity index (χ4v) is 3.93. The highest BCUT2D eigenvalue weighted by atomic mass is 35.5. The maximum Gasteiger partial charge on any atom is 0.242 e. The molecule has 1 aromatic rings. The Balaban J connectivity index is 2.17. The second-order valence-electron chi connectivity index (χ2n) is 5.56. The zero-order valence-corrected chi connectivity index (χ0v) is 13.4. The lowest BCUT2D eigenvalue weighted by Gasteiger charge is -2.14. The van der Waals surface area contributed by atoms with Gasteiger partial charge in [-0.1, -0.05) is 31.5 Å². The summed E-state index contributed by atoms with van der Waals surface area (Å²) in [4.78, 5) is 0.177. The number of hydrogen-bond acceptors (Lipinski definition) is 3. The summed E-state index contributed by atoms with van der Waals surface area (Å²) >= 11 is 6.05. The minimum absolute atomic E-state index is 0.177. The van der Waals surface area contributed by atoms with Gasteiger partial charge >= 0.3 is 0 Å². The lowest BCUT2D eigenvalue weighted by molar-refractivity contribution is 0.538. The number of sulfonamides is 1. The van der Waals surface area contributed by atoms with Crippen LogP contribution in [0, 0.1) is 5.92 Å². The van der Waals surface area contributed by atoms with Crippen molar-refractivity contribution in [1.82, 2.24) is 10.0 Å². The molecule has 0 radical (unpaired) electrons. The first-order valence-corrected chi connectivity index (χ1v) is 8.76. The predicted octanol–water partition coefficient (Wildman–Crippen LogP) is 2.35. The fraction of sp³-hybridized carbons (Fsp3) is 0.571.